The Morgan fingerprint density at radius 3 is 2.40 bits per heavy atom. The van der Waals surface area contributed by atoms with Crippen LogP contribution in [0.1, 0.15) is 18.5 Å². The lowest BCUT2D eigenvalue weighted by Crippen LogP contribution is -2.60. The van der Waals surface area contributed by atoms with Crippen molar-refractivity contribution in [1.29, 1.82) is 0 Å². The second kappa shape index (κ2) is 8.98. The van der Waals surface area contributed by atoms with Gasteiger partial charge in [0.1, 0.15) is 30.2 Å². The highest BCUT2D eigenvalue weighted by Crippen LogP contribution is 2.30. The van der Waals surface area contributed by atoms with E-state index in [2.05, 4.69) is 10.6 Å². The highest BCUT2D eigenvalue weighted by molar-refractivity contribution is 5.94. The number of nitrogens with one attached hydrogen (secondary N) is 2. The molecule has 1 unspecified atom stereocenters. The zero-order valence-electron chi connectivity index (χ0n) is 16.3. The predicted molar refractivity (Wildman–Crippen MR) is 100.0 cm³/mol. The summed E-state index contributed by atoms with van der Waals surface area (Å²) in [6.07, 6.45) is -6.99. The van der Waals surface area contributed by atoms with Gasteiger partial charge in [0.15, 0.2) is 0 Å². The van der Waals surface area contributed by atoms with Crippen molar-refractivity contribution in [2.45, 2.75) is 43.7 Å². The summed E-state index contributed by atoms with van der Waals surface area (Å²) in [5.41, 5.74) is 1.20. The van der Waals surface area contributed by atoms with Gasteiger partial charge in [-0.25, -0.2) is 9.59 Å². The minimum Gasteiger partial charge on any atom is -0.466 e. The molecule has 30 heavy (non-hydrogen) atoms. The van der Waals surface area contributed by atoms with Crippen molar-refractivity contribution in [1.82, 2.24) is 10.6 Å². The van der Waals surface area contributed by atoms with Crippen LogP contribution in [-0.4, -0.2) is 76.8 Å². The van der Waals surface area contributed by atoms with E-state index in [4.69, 9.17) is 14.2 Å². The van der Waals surface area contributed by atoms with Gasteiger partial charge < -0.3 is 45.3 Å². The molecule has 0 aliphatic carbocycles. The van der Waals surface area contributed by atoms with Gasteiger partial charge in [-0.3, -0.25) is 0 Å². The molecular weight excluding hydrogens is 400 g/mol. The summed E-state index contributed by atoms with van der Waals surface area (Å²) >= 11 is 0. The van der Waals surface area contributed by atoms with Crippen LogP contribution < -0.4 is 15.4 Å². The van der Waals surface area contributed by atoms with E-state index in [-0.39, 0.29) is 11.3 Å². The van der Waals surface area contributed by atoms with Gasteiger partial charge in [0.2, 0.25) is 6.29 Å². The number of hydrogen-bond donors (Lipinski definition) is 6. The largest absolute Gasteiger partial charge is 0.466 e. The summed E-state index contributed by atoms with van der Waals surface area (Å²) in [4.78, 5) is 24.0. The molecule has 11 nitrogen and oxygen atoms in total. The molecule has 6 N–H and O–H groups in total. The van der Waals surface area contributed by atoms with Crippen molar-refractivity contribution in [3.63, 3.8) is 0 Å². The van der Waals surface area contributed by atoms with Crippen LogP contribution in [0.15, 0.2) is 35.5 Å². The van der Waals surface area contributed by atoms with E-state index in [1.54, 1.807) is 19.1 Å². The number of urea groups is 1. The zero-order valence-corrected chi connectivity index (χ0v) is 16.3. The maximum Gasteiger partial charge on any atom is 0.337 e. The number of carbonyl (C=O) groups is 2. The number of esters is 1. The Morgan fingerprint density at radius 1 is 1.13 bits per heavy atom. The number of allylic oxidation sites excluding steroid dienone is 1. The predicted octanol–water partition coefficient (Wildman–Crippen LogP) is -1.33. The maximum absolute atomic E-state index is 12.1. The number of ether oxygens (including phenoxy) is 3. The maximum atomic E-state index is 12.1. The SMILES string of the molecule is COC(=O)C1=C(C)NC(=O)NC1c1ccc(O[C@@H]2O[C@H](CO)[C@@H](O)[C@@H](O)[C@H]2O)cc1. The van der Waals surface area contributed by atoms with E-state index in [1.165, 1.54) is 19.2 Å². The number of rotatable bonds is 5. The molecule has 1 saturated heterocycles. The van der Waals surface area contributed by atoms with Gasteiger partial charge in [-0.1, -0.05) is 12.1 Å². The van der Waals surface area contributed by atoms with E-state index >= 15 is 0 Å². The molecule has 0 bridgehead atoms. The third-order valence-electron chi connectivity index (χ3n) is 4.99. The summed E-state index contributed by atoms with van der Waals surface area (Å²) in [5.74, 6) is -0.338. The van der Waals surface area contributed by atoms with Crippen LogP contribution in [0.25, 0.3) is 0 Å². The molecule has 1 aromatic carbocycles. The second-order valence-corrected chi connectivity index (χ2v) is 6.95. The fourth-order valence-electron chi connectivity index (χ4n) is 3.36. The molecule has 11 heteroatoms. The molecule has 3 rings (SSSR count). The molecule has 0 radical (unpaired) electrons. The summed E-state index contributed by atoms with van der Waals surface area (Å²) in [7, 11) is 1.24. The number of aliphatic hydroxyl groups excluding tert-OH is 4. The number of amides is 2. The zero-order chi connectivity index (χ0) is 22.0. The quantitative estimate of drug-likeness (QED) is 0.314. The molecule has 1 aromatic rings. The Balaban J connectivity index is 1.78. The molecule has 0 aromatic heterocycles. The fraction of sp³-hybridized carbons (Fsp3) is 0.474. The summed E-state index contributed by atoms with van der Waals surface area (Å²) in [5, 5.41) is 44.2. The Kier molecular flexibility index (Phi) is 6.58. The molecular formula is C19H24N2O9. The molecule has 2 heterocycles. The summed E-state index contributed by atoms with van der Waals surface area (Å²) in [6, 6.07) is 5.04. The van der Waals surface area contributed by atoms with Gasteiger partial charge >= 0.3 is 12.0 Å². The molecule has 0 spiro atoms. The van der Waals surface area contributed by atoms with E-state index in [1.807, 2.05) is 0 Å². The van der Waals surface area contributed by atoms with E-state index in [9.17, 15) is 30.0 Å². The van der Waals surface area contributed by atoms with Gasteiger partial charge in [0, 0.05) is 5.70 Å². The number of methoxy groups -OCH3 is 1. The number of benzene rings is 1. The monoisotopic (exact) mass is 424 g/mol. The minimum atomic E-state index is -1.55. The molecule has 6 atom stereocenters. The van der Waals surface area contributed by atoms with Crippen LogP contribution in [0.5, 0.6) is 5.75 Å². The average molecular weight is 424 g/mol. The van der Waals surface area contributed by atoms with Crippen LogP contribution in [0.2, 0.25) is 0 Å². The highest BCUT2D eigenvalue weighted by atomic mass is 16.7. The molecule has 2 aliphatic rings. The lowest BCUT2D eigenvalue weighted by molar-refractivity contribution is -0.277. The summed E-state index contributed by atoms with van der Waals surface area (Å²) < 4.78 is 15.6. The van der Waals surface area contributed by atoms with Crippen molar-refractivity contribution in [2.75, 3.05) is 13.7 Å². The van der Waals surface area contributed by atoms with Gasteiger partial charge in [-0.05, 0) is 24.6 Å². The molecule has 0 saturated carbocycles. The number of hydrogen-bond acceptors (Lipinski definition) is 9. The smallest absolute Gasteiger partial charge is 0.337 e. The lowest BCUT2D eigenvalue weighted by Gasteiger charge is -2.39. The van der Waals surface area contributed by atoms with Crippen LogP contribution in [0.3, 0.4) is 0 Å². The topological polar surface area (TPSA) is 167 Å². The normalized spacial score (nSPS) is 31.6. The van der Waals surface area contributed by atoms with Crippen LogP contribution in [-0.2, 0) is 14.3 Å². The first-order valence-electron chi connectivity index (χ1n) is 9.20. The molecule has 2 aliphatic heterocycles. The first-order valence-corrected chi connectivity index (χ1v) is 9.20. The van der Waals surface area contributed by atoms with Crippen LogP contribution in [0.4, 0.5) is 4.79 Å². The Morgan fingerprint density at radius 2 is 1.80 bits per heavy atom. The Hall–Kier alpha value is -2.70. The van der Waals surface area contributed by atoms with Crippen molar-refractivity contribution in [3.05, 3.63) is 41.1 Å². The van der Waals surface area contributed by atoms with Crippen LogP contribution >= 0.6 is 0 Å². The first kappa shape index (κ1) is 22.0. The Labute approximate surface area is 171 Å². The third kappa shape index (κ3) is 4.25. The van der Waals surface area contributed by atoms with Crippen molar-refractivity contribution in [3.8, 4) is 5.75 Å². The molecule has 164 valence electrons. The summed E-state index contributed by atoms with van der Waals surface area (Å²) in [6.45, 7) is 1.02. The minimum absolute atomic E-state index is 0.250. The van der Waals surface area contributed by atoms with Crippen LogP contribution in [0, 0.1) is 0 Å². The number of carbonyl (C=O) groups excluding carboxylic acids is 2. The number of aliphatic hydroxyl groups is 4. The van der Waals surface area contributed by atoms with Gasteiger partial charge in [0.05, 0.1) is 25.3 Å². The first-order chi connectivity index (χ1) is 14.3. The second-order valence-electron chi connectivity index (χ2n) is 6.95. The average Bonchev–Trinajstić information content (AvgIpc) is 2.73. The standard InChI is InChI=1S/C19H24N2O9/c1-8-12(17(26)28-2)13(21-19(27)20-8)9-3-5-10(6-4-9)29-18-16(25)15(24)14(23)11(7-22)30-18/h3-6,11,13-16,18,22-25H,7H2,1-2H3,(H2,20,21,27)/t11-,13?,14-,15-,16-,18-/m1/s1. The van der Waals surface area contributed by atoms with E-state index in [0.717, 1.165) is 0 Å². The lowest BCUT2D eigenvalue weighted by atomic mass is 9.95. The van der Waals surface area contributed by atoms with Crippen molar-refractivity contribution < 1.29 is 44.2 Å². The van der Waals surface area contributed by atoms with E-state index in [0.29, 0.717) is 11.3 Å². The third-order valence-corrected chi connectivity index (χ3v) is 4.99. The van der Waals surface area contributed by atoms with Gasteiger partial charge in [-0.2, -0.15) is 0 Å². The van der Waals surface area contributed by atoms with E-state index < -0.39 is 55.4 Å². The molecule has 1 fully saturated rings. The van der Waals surface area contributed by atoms with Crippen molar-refractivity contribution in [2.24, 2.45) is 0 Å². The molecule has 2 amide bonds. The van der Waals surface area contributed by atoms with Gasteiger partial charge in [-0.15, -0.1) is 0 Å². The van der Waals surface area contributed by atoms with Gasteiger partial charge in [0.25, 0.3) is 0 Å². The Bertz CT molecular complexity index is 824. The van der Waals surface area contributed by atoms with Crippen molar-refractivity contribution >= 4 is 12.0 Å². The highest BCUT2D eigenvalue weighted by Gasteiger charge is 2.44. The fourth-order valence-corrected chi connectivity index (χ4v) is 3.36.